The van der Waals surface area contributed by atoms with E-state index in [1.54, 1.807) is 0 Å². The van der Waals surface area contributed by atoms with Crippen molar-refractivity contribution in [2.45, 2.75) is 56.9 Å². The van der Waals surface area contributed by atoms with Crippen LogP contribution in [0.25, 0.3) is 0 Å². The van der Waals surface area contributed by atoms with Gasteiger partial charge in [0.25, 0.3) is 0 Å². The van der Waals surface area contributed by atoms with E-state index < -0.39 is 0 Å². The van der Waals surface area contributed by atoms with Gasteiger partial charge in [0.2, 0.25) is 0 Å². The van der Waals surface area contributed by atoms with Gasteiger partial charge in [-0.1, -0.05) is 56.0 Å². The molecule has 0 aromatic heterocycles. The van der Waals surface area contributed by atoms with E-state index in [9.17, 15) is 0 Å². The Labute approximate surface area is 117 Å². The van der Waals surface area contributed by atoms with Crippen LogP contribution in [0.3, 0.4) is 0 Å². The van der Waals surface area contributed by atoms with Crippen LogP contribution in [0.4, 0.5) is 0 Å². The van der Waals surface area contributed by atoms with Crippen molar-refractivity contribution in [3.8, 4) is 0 Å². The van der Waals surface area contributed by atoms with Gasteiger partial charge >= 0.3 is 0 Å². The predicted molar refractivity (Wildman–Crippen MR) is 80.2 cm³/mol. The zero-order chi connectivity index (χ0) is 13.4. The van der Waals surface area contributed by atoms with Crippen molar-refractivity contribution in [1.82, 2.24) is 0 Å². The van der Waals surface area contributed by atoms with Gasteiger partial charge in [0.15, 0.2) is 0 Å². The summed E-state index contributed by atoms with van der Waals surface area (Å²) in [5, 5.41) is 0. The van der Waals surface area contributed by atoms with Crippen molar-refractivity contribution in [3.05, 3.63) is 35.9 Å². The van der Waals surface area contributed by atoms with Crippen molar-refractivity contribution in [2.24, 2.45) is 5.73 Å². The fourth-order valence-electron chi connectivity index (χ4n) is 2.88. The van der Waals surface area contributed by atoms with E-state index in [0.717, 1.165) is 38.9 Å². The maximum Gasteiger partial charge on any atom is 0.0646 e. The highest BCUT2D eigenvalue weighted by molar-refractivity contribution is 5.14. The Kier molecular flexibility index (Phi) is 5.87. The normalized spacial score (nSPS) is 19.0. The number of hydrogen-bond donors (Lipinski definition) is 1. The Morgan fingerprint density at radius 1 is 1.00 bits per heavy atom. The summed E-state index contributed by atoms with van der Waals surface area (Å²) in [5.74, 6) is 0. The lowest BCUT2D eigenvalue weighted by Crippen LogP contribution is -2.44. The summed E-state index contributed by atoms with van der Waals surface area (Å²) in [4.78, 5) is 0. The summed E-state index contributed by atoms with van der Waals surface area (Å²) < 4.78 is 5.83. The average Bonchev–Trinajstić information content (AvgIpc) is 2.65. The van der Waals surface area contributed by atoms with Gasteiger partial charge in [-0.05, 0) is 31.2 Å². The number of ether oxygens (including phenoxy) is 1. The molecule has 0 bridgehead atoms. The molecule has 106 valence electrons. The van der Waals surface area contributed by atoms with Crippen molar-refractivity contribution < 1.29 is 4.74 Å². The summed E-state index contributed by atoms with van der Waals surface area (Å²) in [6.45, 7) is 1.57. The van der Waals surface area contributed by atoms with Crippen LogP contribution in [0.15, 0.2) is 30.3 Å². The van der Waals surface area contributed by atoms with Crippen LogP contribution in [0.5, 0.6) is 0 Å². The van der Waals surface area contributed by atoms with E-state index >= 15 is 0 Å². The van der Waals surface area contributed by atoms with E-state index in [-0.39, 0.29) is 5.54 Å². The molecule has 0 atom stereocenters. The van der Waals surface area contributed by atoms with Gasteiger partial charge in [0.1, 0.15) is 0 Å². The minimum Gasteiger partial charge on any atom is -0.380 e. The second-order valence-corrected chi connectivity index (χ2v) is 5.92. The fraction of sp³-hybridized carbons (Fsp3) is 0.647. The lowest BCUT2D eigenvalue weighted by Gasteiger charge is -2.27. The predicted octanol–water partition coefficient (Wildman–Crippen LogP) is 3.69. The summed E-state index contributed by atoms with van der Waals surface area (Å²) in [7, 11) is 0. The zero-order valence-corrected chi connectivity index (χ0v) is 11.9. The fourth-order valence-corrected chi connectivity index (χ4v) is 2.88. The van der Waals surface area contributed by atoms with Crippen molar-refractivity contribution in [1.29, 1.82) is 0 Å². The third kappa shape index (κ3) is 5.33. The van der Waals surface area contributed by atoms with E-state index in [1.807, 2.05) is 0 Å². The van der Waals surface area contributed by atoms with E-state index in [4.69, 9.17) is 10.5 Å². The topological polar surface area (TPSA) is 35.2 Å². The maximum atomic E-state index is 6.43. The van der Waals surface area contributed by atoms with Crippen LogP contribution in [-0.4, -0.2) is 18.8 Å². The summed E-state index contributed by atoms with van der Waals surface area (Å²) in [5.41, 5.74) is 7.77. The quantitative estimate of drug-likeness (QED) is 0.626. The summed E-state index contributed by atoms with van der Waals surface area (Å²) >= 11 is 0. The van der Waals surface area contributed by atoms with Crippen LogP contribution in [-0.2, 0) is 11.2 Å². The van der Waals surface area contributed by atoms with Gasteiger partial charge in [-0.3, -0.25) is 0 Å². The molecule has 0 radical (unpaired) electrons. The van der Waals surface area contributed by atoms with Gasteiger partial charge in [0, 0.05) is 12.1 Å². The molecule has 1 aliphatic rings. The van der Waals surface area contributed by atoms with Gasteiger partial charge in [-0.15, -0.1) is 0 Å². The van der Waals surface area contributed by atoms with Crippen molar-refractivity contribution in [3.63, 3.8) is 0 Å². The molecule has 19 heavy (non-hydrogen) atoms. The number of hydrogen-bond acceptors (Lipinski definition) is 2. The molecule has 2 heteroatoms. The molecular weight excluding hydrogens is 234 g/mol. The second-order valence-electron chi connectivity index (χ2n) is 5.92. The number of nitrogens with two attached hydrogens (primary N) is 1. The third-order valence-electron chi connectivity index (χ3n) is 4.09. The number of aryl methyl sites for hydroxylation is 1. The molecule has 1 aromatic carbocycles. The Balaban J connectivity index is 1.61. The van der Waals surface area contributed by atoms with Gasteiger partial charge < -0.3 is 10.5 Å². The average molecular weight is 261 g/mol. The first-order valence-corrected chi connectivity index (χ1v) is 7.69. The lowest BCUT2D eigenvalue weighted by atomic mass is 9.93. The van der Waals surface area contributed by atoms with E-state index in [2.05, 4.69) is 30.3 Å². The maximum absolute atomic E-state index is 6.43. The summed E-state index contributed by atoms with van der Waals surface area (Å²) in [6.07, 6.45) is 9.66. The molecule has 1 aromatic rings. The molecule has 1 aliphatic carbocycles. The van der Waals surface area contributed by atoms with Gasteiger partial charge in [-0.2, -0.15) is 0 Å². The minimum absolute atomic E-state index is 0.0523. The minimum atomic E-state index is -0.0523. The molecule has 0 saturated heterocycles. The number of benzene rings is 1. The van der Waals surface area contributed by atoms with Crippen LogP contribution >= 0.6 is 0 Å². The van der Waals surface area contributed by atoms with Crippen molar-refractivity contribution in [2.75, 3.05) is 13.2 Å². The molecule has 0 amide bonds. The SMILES string of the molecule is NC1(COCCCc2ccccc2)CCCCCC1. The first kappa shape index (κ1) is 14.5. The molecular formula is C17H27NO. The standard InChI is InChI=1S/C17H27NO/c18-17(12-6-1-2-7-13-17)15-19-14-8-11-16-9-4-3-5-10-16/h3-5,9-10H,1-2,6-8,11-15,18H2. The van der Waals surface area contributed by atoms with Crippen LogP contribution in [0.1, 0.15) is 50.5 Å². The van der Waals surface area contributed by atoms with Crippen LogP contribution < -0.4 is 5.73 Å². The molecule has 0 heterocycles. The van der Waals surface area contributed by atoms with Crippen LogP contribution in [0.2, 0.25) is 0 Å². The summed E-state index contributed by atoms with van der Waals surface area (Å²) in [6, 6.07) is 10.6. The Hall–Kier alpha value is -0.860. The molecule has 2 rings (SSSR count). The highest BCUT2D eigenvalue weighted by atomic mass is 16.5. The molecule has 0 unspecified atom stereocenters. The Bertz CT molecular complexity index is 342. The first-order chi connectivity index (χ1) is 9.29. The molecule has 2 nitrogen and oxygen atoms in total. The molecule has 0 spiro atoms. The Morgan fingerprint density at radius 3 is 2.37 bits per heavy atom. The lowest BCUT2D eigenvalue weighted by molar-refractivity contribution is 0.0765. The van der Waals surface area contributed by atoms with E-state index in [0.29, 0.717) is 0 Å². The largest absolute Gasteiger partial charge is 0.380 e. The zero-order valence-electron chi connectivity index (χ0n) is 11.9. The van der Waals surface area contributed by atoms with Crippen molar-refractivity contribution >= 4 is 0 Å². The molecule has 2 N–H and O–H groups in total. The monoisotopic (exact) mass is 261 g/mol. The number of rotatable bonds is 6. The second kappa shape index (κ2) is 7.66. The van der Waals surface area contributed by atoms with Gasteiger partial charge in [-0.25, -0.2) is 0 Å². The highest BCUT2D eigenvalue weighted by Crippen LogP contribution is 2.25. The molecule has 1 fully saturated rings. The Morgan fingerprint density at radius 2 is 1.68 bits per heavy atom. The third-order valence-corrected chi connectivity index (χ3v) is 4.09. The van der Waals surface area contributed by atoms with Crippen LogP contribution in [0, 0.1) is 0 Å². The molecule has 1 saturated carbocycles. The molecule has 0 aliphatic heterocycles. The smallest absolute Gasteiger partial charge is 0.0646 e. The van der Waals surface area contributed by atoms with Gasteiger partial charge in [0.05, 0.1) is 6.61 Å². The highest BCUT2D eigenvalue weighted by Gasteiger charge is 2.26. The van der Waals surface area contributed by atoms with E-state index in [1.165, 1.54) is 31.2 Å². The first-order valence-electron chi connectivity index (χ1n) is 7.69.